The first-order chi connectivity index (χ1) is 7.37. The molecule has 16 heavy (non-hydrogen) atoms. The number of hydrogen-bond acceptors (Lipinski definition) is 3. The van der Waals surface area contributed by atoms with Crippen LogP contribution in [0.25, 0.3) is 0 Å². The zero-order valence-corrected chi connectivity index (χ0v) is 11.1. The summed E-state index contributed by atoms with van der Waals surface area (Å²) in [6.07, 6.45) is 3.68. The van der Waals surface area contributed by atoms with E-state index in [4.69, 9.17) is 5.26 Å². The van der Waals surface area contributed by atoms with Crippen LogP contribution in [0.4, 0.5) is 0 Å². The number of nitriles is 1. The Morgan fingerprint density at radius 1 is 1.31 bits per heavy atom. The number of unbranched alkanes of at least 4 members (excludes halogenated alkanes) is 1. The fourth-order valence-electron chi connectivity index (χ4n) is 1.69. The minimum atomic E-state index is -0.236. The van der Waals surface area contributed by atoms with Gasteiger partial charge in [-0.2, -0.15) is 5.26 Å². The van der Waals surface area contributed by atoms with Crippen LogP contribution in [0, 0.1) is 16.7 Å². The van der Waals surface area contributed by atoms with E-state index in [1.54, 1.807) is 0 Å². The van der Waals surface area contributed by atoms with Gasteiger partial charge >= 0.3 is 0 Å². The summed E-state index contributed by atoms with van der Waals surface area (Å²) in [5.41, 5.74) is -0.189. The molecule has 2 unspecified atom stereocenters. The van der Waals surface area contributed by atoms with E-state index in [1.807, 2.05) is 20.8 Å². The third-order valence-electron chi connectivity index (χ3n) is 2.72. The lowest BCUT2D eigenvalue weighted by Crippen LogP contribution is -2.30. The van der Waals surface area contributed by atoms with E-state index >= 15 is 0 Å². The summed E-state index contributed by atoms with van der Waals surface area (Å²) in [5, 5.41) is 21.4. The smallest absolute Gasteiger partial charge is 0.0683 e. The van der Waals surface area contributed by atoms with Crippen molar-refractivity contribution in [3.63, 3.8) is 0 Å². The van der Waals surface area contributed by atoms with E-state index in [0.717, 1.165) is 32.2 Å². The highest BCUT2D eigenvalue weighted by Gasteiger charge is 2.15. The van der Waals surface area contributed by atoms with Gasteiger partial charge in [0.1, 0.15) is 0 Å². The second-order valence-corrected chi connectivity index (χ2v) is 5.39. The zero-order chi connectivity index (χ0) is 12.6. The van der Waals surface area contributed by atoms with Gasteiger partial charge in [-0.3, -0.25) is 0 Å². The lowest BCUT2D eigenvalue weighted by Gasteiger charge is -2.17. The van der Waals surface area contributed by atoms with Gasteiger partial charge in [-0.15, -0.1) is 0 Å². The molecule has 0 radical (unpaired) electrons. The first-order valence-electron chi connectivity index (χ1n) is 6.20. The maximum absolute atomic E-state index is 9.19. The zero-order valence-electron chi connectivity index (χ0n) is 11.1. The van der Waals surface area contributed by atoms with Gasteiger partial charge in [0, 0.05) is 6.04 Å². The molecule has 0 fully saturated rings. The Hall–Kier alpha value is -0.590. The van der Waals surface area contributed by atoms with Crippen molar-refractivity contribution in [1.29, 1.82) is 5.26 Å². The van der Waals surface area contributed by atoms with Crippen LogP contribution in [0.2, 0.25) is 0 Å². The fraction of sp³-hybridized carbons (Fsp3) is 0.923. The van der Waals surface area contributed by atoms with Crippen molar-refractivity contribution in [3.05, 3.63) is 0 Å². The second kappa shape index (κ2) is 7.65. The highest BCUT2D eigenvalue weighted by molar-refractivity contribution is 4.91. The van der Waals surface area contributed by atoms with Gasteiger partial charge in [0.15, 0.2) is 0 Å². The summed E-state index contributed by atoms with van der Waals surface area (Å²) in [4.78, 5) is 0. The van der Waals surface area contributed by atoms with Crippen molar-refractivity contribution in [2.75, 3.05) is 6.54 Å². The van der Waals surface area contributed by atoms with Crippen molar-refractivity contribution >= 4 is 0 Å². The largest absolute Gasteiger partial charge is 0.393 e. The van der Waals surface area contributed by atoms with Gasteiger partial charge < -0.3 is 10.4 Å². The molecule has 0 aromatic carbocycles. The minimum Gasteiger partial charge on any atom is -0.393 e. The Labute approximate surface area is 99.9 Å². The van der Waals surface area contributed by atoms with Gasteiger partial charge in [0.2, 0.25) is 0 Å². The average Bonchev–Trinajstić information content (AvgIpc) is 2.16. The first-order valence-corrected chi connectivity index (χ1v) is 6.20. The average molecular weight is 226 g/mol. The van der Waals surface area contributed by atoms with E-state index in [1.165, 1.54) is 0 Å². The van der Waals surface area contributed by atoms with Gasteiger partial charge in [0.05, 0.1) is 17.6 Å². The summed E-state index contributed by atoms with van der Waals surface area (Å²) in [7, 11) is 0. The number of rotatable bonds is 8. The third-order valence-corrected chi connectivity index (χ3v) is 2.72. The molecule has 0 rings (SSSR count). The highest BCUT2D eigenvalue weighted by Crippen LogP contribution is 2.21. The van der Waals surface area contributed by atoms with Crippen molar-refractivity contribution in [1.82, 2.24) is 5.32 Å². The quantitative estimate of drug-likeness (QED) is 0.625. The lowest BCUT2D eigenvalue weighted by molar-refractivity contribution is 0.170. The number of nitrogens with zero attached hydrogens (tertiary/aromatic N) is 1. The molecule has 0 saturated heterocycles. The van der Waals surface area contributed by atoms with Gasteiger partial charge in [-0.05, 0) is 53.5 Å². The molecule has 94 valence electrons. The third kappa shape index (κ3) is 8.70. The van der Waals surface area contributed by atoms with E-state index in [-0.39, 0.29) is 11.5 Å². The number of aliphatic hydroxyl groups excluding tert-OH is 1. The molecular formula is C13H26N2O. The Morgan fingerprint density at radius 3 is 2.44 bits per heavy atom. The van der Waals surface area contributed by atoms with Gasteiger partial charge in [0.25, 0.3) is 0 Å². The van der Waals surface area contributed by atoms with Crippen LogP contribution in [0.5, 0.6) is 0 Å². The predicted octanol–water partition coefficient (Wildman–Crippen LogP) is 2.46. The van der Waals surface area contributed by atoms with Crippen molar-refractivity contribution < 1.29 is 5.11 Å². The molecule has 0 heterocycles. The number of nitrogens with one attached hydrogen (secondary N) is 1. The predicted molar refractivity (Wildman–Crippen MR) is 67.0 cm³/mol. The molecular weight excluding hydrogens is 200 g/mol. The first kappa shape index (κ1) is 15.4. The van der Waals surface area contributed by atoms with Crippen LogP contribution in [-0.2, 0) is 0 Å². The fourth-order valence-corrected chi connectivity index (χ4v) is 1.69. The summed E-state index contributed by atoms with van der Waals surface area (Å²) >= 11 is 0. The minimum absolute atomic E-state index is 0.189. The summed E-state index contributed by atoms with van der Waals surface area (Å²) in [5.74, 6) is 0. The topological polar surface area (TPSA) is 56.0 Å². The molecule has 0 bridgehead atoms. The lowest BCUT2D eigenvalue weighted by atomic mass is 9.89. The molecule has 3 heteroatoms. The highest BCUT2D eigenvalue weighted by atomic mass is 16.3. The second-order valence-electron chi connectivity index (χ2n) is 5.39. The molecule has 3 nitrogen and oxygen atoms in total. The van der Waals surface area contributed by atoms with Crippen LogP contribution in [-0.4, -0.2) is 23.8 Å². The van der Waals surface area contributed by atoms with Crippen LogP contribution in [0.1, 0.15) is 53.4 Å². The Balaban J connectivity index is 3.44. The van der Waals surface area contributed by atoms with Crippen LogP contribution >= 0.6 is 0 Å². The molecule has 0 amide bonds. The van der Waals surface area contributed by atoms with E-state index in [2.05, 4.69) is 18.3 Å². The summed E-state index contributed by atoms with van der Waals surface area (Å²) in [6.45, 7) is 8.84. The Kier molecular flexibility index (Phi) is 7.36. The Bertz CT molecular complexity index is 218. The van der Waals surface area contributed by atoms with Gasteiger partial charge in [-0.25, -0.2) is 0 Å². The molecule has 0 aliphatic heterocycles. The molecule has 2 atom stereocenters. The summed E-state index contributed by atoms with van der Waals surface area (Å²) < 4.78 is 0. The maximum atomic E-state index is 9.19. The van der Waals surface area contributed by atoms with Crippen LogP contribution < -0.4 is 5.32 Å². The van der Waals surface area contributed by atoms with E-state index in [0.29, 0.717) is 6.04 Å². The number of aliphatic hydroxyl groups is 1. The molecule has 0 saturated carbocycles. The number of hydrogen-bond donors (Lipinski definition) is 2. The molecule has 0 spiro atoms. The van der Waals surface area contributed by atoms with E-state index < -0.39 is 0 Å². The molecule has 0 aliphatic carbocycles. The molecule has 0 aromatic rings. The van der Waals surface area contributed by atoms with E-state index in [9.17, 15) is 5.11 Å². The van der Waals surface area contributed by atoms with Crippen molar-refractivity contribution in [3.8, 4) is 6.07 Å². The van der Waals surface area contributed by atoms with Gasteiger partial charge in [-0.1, -0.05) is 6.42 Å². The molecule has 2 N–H and O–H groups in total. The normalized spacial score (nSPS) is 15.5. The van der Waals surface area contributed by atoms with Crippen LogP contribution in [0.15, 0.2) is 0 Å². The summed E-state index contributed by atoms with van der Waals surface area (Å²) in [6, 6.07) is 2.68. The SMILES string of the molecule is CC(O)CC(C)NCCCCC(C)(C)C#N. The van der Waals surface area contributed by atoms with Crippen molar-refractivity contribution in [2.45, 2.75) is 65.5 Å². The Morgan fingerprint density at radius 2 is 1.94 bits per heavy atom. The monoisotopic (exact) mass is 226 g/mol. The standard InChI is InChI=1S/C13H26N2O/c1-11(9-12(2)16)15-8-6-5-7-13(3,4)10-14/h11-12,15-16H,5-9H2,1-4H3. The molecule has 0 aromatic heterocycles. The maximum Gasteiger partial charge on any atom is 0.0683 e. The molecule has 0 aliphatic rings. The van der Waals surface area contributed by atoms with Crippen molar-refractivity contribution in [2.24, 2.45) is 5.41 Å². The van der Waals surface area contributed by atoms with Crippen LogP contribution in [0.3, 0.4) is 0 Å².